The lowest BCUT2D eigenvalue weighted by Gasteiger charge is -2.54. The highest BCUT2D eigenvalue weighted by atomic mass is 16.5. The van der Waals surface area contributed by atoms with Crippen molar-refractivity contribution in [3.8, 4) is 0 Å². The van der Waals surface area contributed by atoms with Gasteiger partial charge in [-0.3, -0.25) is 19.3 Å². The second-order valence-electron chi connectivity index (χ2n) is 10.0. The Balaban J connectivity index is 1.40. The van der Waals surface area contributed by atoms with E-state index >= 15 is 0 Å². The summed E-state index contributed by atoms with van der Waals surface area (Å²) in [5, 5.41) is 4.35. The number of likely N-dealkylation sites (tertiary alicyclic amines) is 1. The molecule has 7 nitrogen and oxygen atoms in total. The number of ether oxygens (including phenoxy) is 1. The van der Waals surface area contributed by atoms with Gasteiger partial charge in [0.2, 0.25) is 5.91 Å². The molecule has 0 spiro atoms. The van der Waals surface area contributed by atoms with Crippen LogP contribution in [0.25, 0.3) is 0 Å². The average Bonchev–Trinajstić information content (AvgIpc) is 3.48. The van der Waals surface area contributed by atoms with E-state index in [0.29, 0.717) is 19.6 Å². The third-order valence-electron chi connectivity index (χ3n) is 7.97. The zero-order valence-electron chi connectivity index (χ0n) is 20.2. The minimum atomic E-state index is 0.165. The van der Waals surface area contributed by atoms with E-state index in [1.165, 1.54) is 29.7 Å². The monoisotopic (exact) mass is 451 g/mol. The van der Waals surface area contributed by atoms with Crippen molar-refractivity contribution in [3.63, 3.8) is 0 Å². The Labute approximate surface area is 197 Å². The Kier molecular flexibility index (Phi) is 6.54. The van der Waals surface area contributed by atoms with Crippen LogP contribution < -0.4 is 0 Å². The summed E-state index contributed by atoms with van der Waals surface area (Å²) in [4.78, 5) is 21.0. The Morgan fingerprint density at radius 1 is 1.03 bits per heavy atom. The van der Waals surface area contributed by atoms with Crippen molar-refractivity contribution in [1.29, 1.82) is 0 Å². The Morgan fingerprint density at radius 3 is 2.55 bits per heavy atom. The van der Waals surface area contributed by atoms with Gasteiger partial charge in [-0.15, -0.1) is 0 Å². The molecule has 5 rings (SSSR count). The predicted octanol–water partition coefficient (Wildman–Crippen LogP) is 2.16. The maximum Gasteiger partial charge on any atom is 0.227 e. The van der Waals surface area contributed by atoms with Crippen molar-refractivity contribution in [2.45, 2.75) is 57.8 Å². The van der Waals surface area contributed by atoms with Crippen LogP contribution in [0.2, 0.25) is 0 Å². The third-order valence-corrected chi connectivity index (χ3v) is 7.97. The molecular weight excluding hydrogens is 414 g/mol. The third kappa shape index (κ3) is 4.59. The highest BCUT2D eigenvalue weighted by Gasteiger charge is 2.47. The minimum absolute atomic E-state index is 0.165. The van der Waals surface area contributed by atoms with Crippen LogP contribution in [-0.2, 0) is 29.5 Å². The second kappa shape index (κ2) is 9.57. The molecule has 1 amide bonds. The van der Waals surface area contributed by atoms with Crippen molar-refractivity contribution >= 4 is 5.91 Å². The summed E-state index contributed by atoms with van der Waals surface area (Å²) >= 11 is 0. The van der Waals surface area contributed by atoms with Crippen molar-refractivity contribution in [3.05, 3.63) is 52.8 Å². The molecule has 2 unspecified atom stereocenters. The van der Waals surface area contributed by atoms with Crippen LogP contribution >= 0.6 is 0 Å². The van der Waals surface area contributed by atoms with Gasteiger partial charge in [0.25, 0.3) is 0 Å². The van der Waals surface area contributed by atoms with E-state index in [2.05, 4.69) is 57.9 Å². The van der Waals surface area contributed by atoms with E-state index in [0.717, 1.165) is 38.3 Å². The number of fused-ring (bicyclic) bond motifs is 1. The lowest BCUT2D eigenvalue weighted by molar-refractivity contribution is -0.153. The van der Waals surface area contributed by atoms with E-state index in [1.807, 2.05) is 17.9 Å². The molecule has 0 aliphatic carbocycles. The SMILES string of the molecule is Cc1ccc(CC(=O)N2CCN(Cc3ccnn3C)C3COCC(N4CCCC4)[C@H]32)cc1C. The van der Waals surface area contributed by atoms with Crippen molar-refractivity contribution < 1.29 is 9.53 Å². The fourth-order valence-electron chi connectivity index (χ4n) is 5.89. The lowest BCUT2D eigenvalue weighted by atomic mass is 9.90. The number of rotatable bonds is 5. The first-order chi connectivity index (χ1) is 16.0. The molecule has 1 aromatic heterocycles. The van der Waals surface area contributed by atoms with Gasteiger partial charge in [0.05, 0.1) is 43.5 Å². The van der Waals surface area contributed by atoms with Crippen LogP contribution in [0, 0.1) is 13.8 Å². The van der Waals surface area contributed by atoms with Gasteiger partial charge in [-0.2, -0.15) is 5.10 Å². The summed E-state index contributed by atoms with van der Waals surface area (Å²) < 4.78 is 8.13. The quantitative estimate of drug-likeness (QED) is 0.697. The lowest BCUT2D eigenvalue weighted by Crippen LogP contribution is -2.71. The van der Waals surface area contributed by atoms with E-state index in [4.69, 9.17) is 4.74 Å². The van der Waals surface area contributed by atoms with Gasteiger partial charge in [-0.1, -0.05) is 18.2 Å². The molecule has 0 N–H and O–H groups in total. The van der Waals surface area contributed by atoms with E-state index in [9.17, 15) is 4.79 Å². The number of hydrogen-bond donors (Lipinski definition) is 0. The smallest absolute Gasteiger partial charge is 0.227 e. The van der Waals surface area contributed by atoms with Gasteiger partial charge in [0.1, 0.15) is 0 Å². The molecule has 3 aliphatic rings. The first-order valence-electron chi connectivity index (χ1n) is 12.4. The van der Waals surface area contributed by atoms with E-state index < -0.39 is 0 Å². The number of carbonyl (C=O) groups excluding carboxylic acids is 1. The fourth-order valence-corrected chi connectivity index (χ4v) is 5.89. The van der Waals surface area contributed by atoms with Gasteiger partial charge < -0.3 is 9.64 Å². The average molecular weight is 452 g/mol. The molecule has 3 fully saturated rings. The number of nitrogens with zero attached hydrogens (tertiary/aromatic N) is 5. The normalized spacial score (nSPS) is 26.5. The highest BCUT2D eigenvalue weighted by Crippen LogP contribution is 2.31. The first kappa shape index (κ1) is 22.6. The summed E-state index contributed by atoms with van der Waals surface area (Å²) in [6.07, 6.45) is 4.81. The summed E-state index contributed by atoms with van der Waals surface area (Å²) in [5.74, 6) is 0.250. The molecule has 33 heavy (non-hydrogen) atoms. The van der Waals surface area contributed by atoms with Gasteiger partial charge in [0, 0.05) is 32.9 Å². The topological polar surface area (TPSA) is 53.8 Å². The number of piperazine rings is 1. The number of aromatic nitrogens is 2. The van der Waals surface area contributed by atoms with Gasteiger partial charge in [-0.05, 0) is 62.5 Å². The number of carbonyl (C=O) groups is 1. The second-order valence-corrected chi connectivity index (χ2v) is 10.0. The largest absolute Gasteiger partial charge is 0.378 e. The van der Waals surface area contributed by atoms with E-state index in [-0.39, 0.29) is 24.0 Å². The maximum atomic E-state index is 13.7. The minimum Gasteiger partial charge on any atom is -0.378 e. The van der Waals surface area contributed by atoms with Crippen LogP contribution in [0.4, 0.5) is 0 Å². The first-order valence-corrected chi connectivity index (χ1v) is 12.4. The molecule has 0 saturated carbocycles. The highest BCUT2D eigenvalue weighted by molar-refractivity contribution is 5.79. The Morgan fingerprint density at radius 2 is 1.82 bits per heavy atom. The Hall–Kier alpha value is -2.22. The number of hydrogen-bond acceptors (Lipinski definition) is 5. The predicted molar refractivity (Wildman–Crippen MR) is 128 cm³/mol. The van der Waals surface area contributed by atoms with Crippen molar-refractivity contribution in [1.82, 2.24) is 24.5 Å². The molecule has 3 aliphatic heterocycles. The number of benzene rings is 1. The van der Waals surface area contributed by atoms with E-state index in [1.54, 1.807) is 0 Å². The number of aryl methyl sites for hydroxylation is 3. The molecule has 1 aromatic carbocycles. The summed E-state index contributed by atoms with van der Waals surface area (Å²) in [5.41, 5.74) is 4.84. The van der Waals surface area contributed by atoms with Crippen molar-refractivity contribution in [2.75, 3.05) is 39.4 Å². The molecule has 3 atom stereocenters. The summed E-state index contributed by atoms with van der Waals surface area (Å²) in [7, 11) is 2.00. The Bertz CT molecular complexity index is 983. The molecule has 7 heteroatoms. The van der Waals surface area contributed by atoms with Crippen LogP contribution in [0.1, 0.15) is 35.2 Å². The van der Waals surface area contributed by atoms with Crippen LogP contribution in [0.5, 0.6) is 0 Å². The molecule has 3 saturated heterocycles. The zero-order valence-corrected chi connectivity index (χ0v) is 20.2. The molecule has 4 heterocycles. The standard InChI is InChI=1S/C26H37N5O2/c1-19-6-7-21(14-20(19)2)15-25(32)31-13-12-30(16-22-8-9-27-28(22)3)24-18-33-17-23(26(24)31)29-10-4-5-11-29/h6-9,14,23-24,26H,4-5,10-13,15-18H2,1-3H3/t23?,24?,26-/m1/s1. The van der Waals surface area contributed by atoms with Crippen LogP contribution in [0.15, 0.2) is 30.5 Å². The summed E-state index contributed by atoms with van der Waals surface area (Å²) in [6, 6.07) is 9.14. The summed E-state index contributed by atoms with van der Waals surface area (Å²) in [6.45, 7) is 10.3. The maximum absolute atomic E-state index is 13.7. The molecule has 0 bridgehead atoms. The van der Waals surface area contributed by atoms with Crippen molar-refractivity contribution in [2.24, 2.45) is 7.05 Å². The van der Waals surface area contributed by atoms with Crippen LogP contribution in [0.3, 0.4) is 0 Å². The molecule has 2 aromatic rings. The van der Waals surface area contributed by atoms with Crippen LogP contribution in [-0.4, -0.2) is 87.9 Å². The van der Waals surface area contributed by atoms with Gasteiger partial charge in [0.15, 0.2) is 0 Å². The molecule has 178 valence electrons. The fraction of sp³-hybridized carbons (Fsp3) is 0.615. The zero-order chi connectivity index (χ0) is 22.9. The number of amides is 1. The molecule has 0 radical (unpaired) electrons. The van der Waals surface area contributed by atoms with Gasteiger partial charge in [-0.25, -0.2) is 0 Å². The molecular formula is C26H37N5O2. The van der Waals surface area contributed by atoms with Gasteiger partial charge >= 0.3 is 0 Å².